The van der Waals surface area contributed by atoms with Crippen LogP contribution in [0.15, 0.2) is 0 Å². The minimum absolute atomic E-state index is 0.0790. The van der Waals surface area contributed by atoms with E-state index >= 15 is 0 Å². The van der Waals surface area contributed by atoms with Crippen LogP contribution in [0.1, 0.15) is 39.5 Å². The number of rotatable bonds is 9. The van der Waals surface area contributed by atoms with Gasteiger partial charge in [-0.05, 0) is 45.7 Å². The van der Waals surface area contributed by atoms with Crippen molar-refractivity contribution in [2.24, 2.45) is 0 Å². The van der Waals surface area contributed by atoms with Crippen LogP contribution in [-0.4, -0.2) is 57.4 Å². The first-order chi connectivity index (χ1) is 9.10. The molecule has 1 aliphatic rings. The van der Waals surface area contributed by atoms with Gasteiger partial charge < -0.3 is 10.1 Å². The molecule has 6 heteroatoms. The van der Waals surface area contributed by atoms with Gasteiger partial charge in [-0.3, -0.25) is 0 Å². The number of hydrogen-bond donors (Lipinski definition) is 1. The van der Waals surface area contributed by atoms with Gasteiger partial charge in [-0.2, -0.15) is 4.31 Å². The molecule has 0 aliphatic carbocycles. The molecule has 0 amide bonds. The molecule has 0 bridgehead atoms. The molecule has 0 aromatic carbocycles. The van der Waals surface area contributed by atoms with Crippen LogP contribution < -0.4 is 5.32 Å². The van der Waals surface area contributed by atoms with Crippen molar-refractivity contribution in [3.8, 4) is 0 Å². The minimum atomic E-state index is -3.10. The van der Waals surface area contributed by atoms with Gasteiger partial charge >= 0.3 is 0 Å². The van der Waals surface area contributed by atoms with Crippen molar-refractivity contribution in [3.05, 3.63) is 0 Å². The number of unbranched alkanes of at least 4 members (excludes halogenated alkanes) is 1. The number of nitrogens with one attached hydrogen (secondary N) is 1. The molecule has 0 spiro atoms. The maximum atomic E-state index is 12.2. The molecule has 1 heterocycles. The number of piperidine rings is 1. The third-order valence-electron chi connectivity index (χ3n) is 3.39. The van der Waals surface area contributed by atoms with E-state index in [1.807, 2.05) is 6.92 Å². The quantitative estimate of drug-likeness (QED) is 0.649. The molecule has 1 unspecified atom stereocenters. The predicted octanol–water partition coefficient (Wildman–Crippen LogP) is 1.21. The van der Waals surface area contributed by atoms with E-state index in [1.54, 1.807) is 4.31 Å². The predicted molar refractivity (Wildman–Crippen MR) is 77.8 cm³/mol. The van der Waals surface area contributed by atoms with Crippen LogP contribution in [-0.2, 0) is 14.8 Å². The Kier molecular flexibility index (Phi) is 7.90. The zero-order valence-electron chi connectivity index (χ0n) is 12.2. The lowest BCUT2D eigenvalue weighted by molar-refractivity contribution is 0.0265. The number of ether oxygens (including phenoxy) is 1. The molecule has 1 fully saturated rings. The normalized spacial score (nSPS) is 21.7. The van der Waals surface area contributed by atoms with E-state index in [4.69, 9.17) is 4.74 Å². The molecule has 0 aromatic rings. The highest BCUT2D eigenvalue weighted by Gasteiger charge is 2.28. The standard InChI is InChI=1S/C13H28N2O3S/c1-3-14-9-5-6-11-19(16,17)15-10-7-8-13(12-15)18-4-2/h13-14H,3-12H2,1-2H3. The molecule has 1 atom stereocenters. The van der Waals surface area contributed by atoms with E-state index in [-0.39, 0.29) is 11.9 Å². The molecule has 0 radical (unpaired) electrons. The van der Waals surface area contributed by atoms with Gasteiger partial charge in [0.2, 0.25) is 10.0 Å². The number of nitrogens with zero attached hydrogens (tertiary/aromatic N) is 1. The first kappa shape index (κ1) is 16.9. The first-order valence-electron chi connectivity index (χ1n) is 7.40. The van der Waals surface area contributed by atoms with E-state index < -0.39 is 10.0 Å². The fourth-order valence-corrected chi connectivity index (χ4v) is 4.00. The number of hydrogen-bond acceptors (Lipinski definition) is 4. The van der Waals surface area contributed by atoms with Crippen molar-refractivity contribution >= 4 is 10.0 Å². The van der Waals surface area contributed by atoms with Crippen LogP contribution in [0.4, 0.5) is 0 Å². The Morgan fingerprint density at radius 2 is 2.11 bits per heavy atom. The van der Waals surface area contributed by atoms with Gasteiger partial charge in [0.25, 0.3) is 0 Å². The monoisotopic (exact) mass is 292 g/mol. The summed E-state index contributed by atoms with van der Waals surface area (Å²) in [6.45, 7) is 7.68. The van der Waals surface area contributed by atoms with Crippen molar-refractivity contribution in [2.75, 3.05) is 38.5 Å². The van der Waals surface area contributed by atoms with Gasteiger partial charge in [0.15, 0.2) is 0 Å². The molecule has 1 saturated heterocycles. The minimum Gasteiger partial charge on any atom is -0.377 e. The van der Waals surface area contributed by atoms with Gasteiger partial charge in [0.05, 0.1) is 11.9 Å². The van der Waals surface area contributed by atoms with Crippen molar-refractivity contribution in [3.63, 3.8) is 0 Å². The Morgan fingerprint density at radius 1 is 1.32 bits per heavy atom. The smallest absolute Gasteiger partial charge is 0.214 e. The average molecular weight is 292 g/mol. The Bertz CT molecular complexity index is 331. The molecule has 5 nitrogen and oxygen atoms in total. The summed E-state index contributed by atoms with van der Waals surface area (Å²) in [5.74, 6) is 0.261. The summed E-state index contributed by atoms with van der Waals surface area (Å²) in [7, 11) is -3.10. The highest BCUT2D eigenvalue weighted by molar-refractivity contribution is 7.89. The van der Waals surface area contributed by atoms with Crippen LogP contribution in [0.25, 0.3) is 0 Å². The Labute approximate surface area is 117 Å². The third kappa shape index (κ3) is 6.21. The van der Waals surface area contributed by atoms with E-state index in [2.05, 4.69) is 12.2 Å². The average Bonchev–Trinajstić information content (AvgIpc) is 2.39. The molecule has 1 aliphatic heterocycles. The molecule has 0 saturated carbocycles. The lowest BCUT2D eigenvalue weighted by atomic mass is 10.1. The SMILES string of the molecule is CCNCCCCS(=O)(=O)N1CCCC(OCC)C1. The Hall–Kier alpha value is -0.170. The summed E-state index contributed by atoms with van der Waals surface area (Å²) in [6, 6.07) is 0. The van der Waals surface area contributed by atoms with Crippen LogP contribution in [0.3, 0.4) is 0 Å². The zero-order valence-corrected chi connectivity index (χ0v) is 13.0. The molecule has 114 valence electrons. The van der Waals surface area contributed by atoms with E-state index in [0.29, 0.717) is 19.7 Å². The fourth-order valence-electron chi connectivity index (χ4n) is 2.37. The first-order valence-corrected chi connectivity index (χ1v) is 9.01. The maximum absolute atomic E-state index is 12.2. The maximum Gasteiger partial charge on any atom is 0.214 e. The van der Waals surface area contributed by atoms with Crippen molar-refractivity contribution < 1.29 is 13.2 Å². The van der Waals surface area contributed by atoms with Gasteiger partial charge in [0, 0.05) is 19.7 Å². The summed E-state index contributed by atoms with van der Waals surface area (Å²) in [5.41, 5.74) is 0. The van der Waals surface area contributed by atoms with E-state index in [1.165, 1.54) is 0 Å². The summed E-state index contributed by atoms with van der Waals surface area (Å²) < 4.78 is 31.6. The molecular weight excluding hydrogens is 264 g/mol. The second-order valence-electron chi connectivity index (χ2n) is 4.95. The van der Waals surface area contributed by atoms with Crippen LogP contribution >= 0.6 is 0 Å². The largest absolute Gasteiger partial charge is 0.377 e. The zero-order chi connectivity index (χ0) is 14.1. The van der Waals surface area contributed by atoms with Crippen molar-refractivity contribution in [2.45, 2.75) is 45.6 Å². The fraction of sp³-hybridized carbons (Fsp3) is 1.00. The Balaban J connectivity index is 2.34. The summed E-state index contributed by atoms with van der Waals surface area (Å²) >= 11 is 0. The number of sulfonamides is 1. The molecular formula is C13H28N2O3S. The highest BCUT2D eigenvalue weighted by atomic mass is 32.2. The summed E-state index contributed by atoms with van der Waals surface area (Å²) in [6.07, 6.45) is 3.60. The summed E-state index contributed by atoms with van der Waals surface area (Å²) in [5, 5.41) is 3.21. The molecule has 1 rings (SSSR count). The van der Waals surface area contributed by atoms with Gasteiger partial charge in [-0.1, -0.05) is 6.92 Å². The molecule has 1 N–H and O–H groups in total. The lowest BCUT2D eigenvalue weighted by Crippen LogP contribution is -2.44. The lowest BCUT2D eigenvalue weighted by Gasteiger charge is -2.31. The van der Waals surface area contributed by atoms with Gasteiger partial charge in [0.1, 0.15) is 0 Å². The van der Waals surface area contributed by atoms with Gasteiger partial charge in [-0.25, -0.2) is 8.42 Å². The second kappa shape index (κ2) is 8.89. The van der Waals surface area contributed by atoms with Gasteiger partial charge in [-0.15, -0.1) is 0 Å². The van der Waals surface area contributed by atoms with Crippen molar-refractivity contribution in [1.29, 1.82) is 0 Å². The highest BCUT2D eigenvalue weighted by Crippen LogP contribution is 2.17. The van der Waals surface area contributed by atoms with Crippen LogP contribution in [0.5, 0.6) is 0 Å². The van der Waals surface area contributed by atoms with Crippen LogP contribution in [0.2, 0.25) is 0 Å². The topological polar surface area (TPSA) is 58.6 Å². The molecule has 19 heavy (non-hydrogen) atoms. The second-order valence-corrected chi connectivity index (χ2v) is 7.04. The van der Waals surface area contributed by atoms with E-state index in [0.717, 1.165) is 38.8 Å². The molecule has 0 aromatic heterocycles. The Morgan fingerprint density at radius 3 is 2.79 bits per heavy atom. The van der Waals surface area contributed by atoms with Crippen LogP contribution in [0, 0.1) is 0 Å². The van der Waals surface area contributed by atoms with Crippen molar-refractivity contribution in [1.82, 2.24) is 9.62 Å². The van der Waals surface area contributed by atoms with E-state index in [9.17, 15) is 8.42 Å². The summed E-state index contributed by atoms with van der Waals surface area (Å²) in [4.78, 5) is 0. The third-order valence-corrected chi connectivity index (χ3v) is 5.32.